The van der Waals surface area contributed by atoms with E-state index in [1.807, 2.05) is 0 Å². The number of anilines is 1. The van der Waals surface area contributed by atoms with Crippen LogP contribution in [0.3, 0.4) is 0 Å². The number of carbonyl (C=O) groups excluding carboxylic acids is 2. The predicted molar refractivity (Wildman–Crippen MR) is 59.1 cm³/mol. The number of hydrogen-bond acceptors (Lipinski definition) is 2. The average molecular weight is 260 g/mol. The molecule has 0 radical (unpaired) electrons. The molecule has 7 heteroatoms. The van der Waals surface area contributed by atoms with Crippen molar-refractivity contribution in [3.05, 3.63) is 29.8 Å². The zero-order chi connectivity index (χ0) is 13.9. The highest BCUT2D eigenvalue weighted by atomic mass is 19.4. The Morgan fingerprint density at radius 3 is 2.33 bits per heavy atom. The van der Waals surface area contributed by atoms with Gasteiger partial charge in [0.1, 0.15) is 0 Å². The zero-order valence-corrected chi connectivity index (χ0v) is 9.73. The van der Waals surface area contributed by atoms with Crippen molar-refractivity contribution in [2.24, 2.45) is 0 Å². The molecule has 18 heavy (non-hydrogen) atoms. The van der Waals surface area contributed by atoms with Crippen LogP contribution in [0.4, 0.5) is 23.7 Å². The third-order valence-corrected chi connectivity index (χ3v) is 2.15. The number of rotatable bonds is 2. The van der Waals surface area contributed by atoms with Crippen LogP contribution in [0.25, 0.3) is 0 Å². The third-order valence-electron chi connectivity index (χ3n) is 2.15. The molecule has 1 aromatic rings. The highest BCUT2D eigenvalue weighted by Gasteiger charge is 2.31. The molecule has 1 rings (SSSR count). The minimum atomic E-state index is -4.52. The molecule has 0 heterocycles. The second-order valence-corrected chi connectivity index (χ2v) is 3.70. The minimum absolute atomic E-state index is 0.126. The molecule has 0 aromatic heterocycles. The standard InChI is InChI=1S/C11H11F3N2O2/c1-15(2)10(18)16(7-17)9-5-3-4-8(6-9)11(12,13)14/h3-7H,1-2H3. The summed E-state index contributed by atoms with van der Waals surface area (Å²) >= 11 is 0. The Balaban J connectivity index is 3.16. The molecule has 0 saturated heterocycles. The summed E-state index contributed by atoms with van der Waals surface area (Å²) in [5, 5.41) is 0. The van der Waals surface area contributed by atoms with E-state index in [0.717, 1.165) is 23.1 Å². The molecule has 0 fully saturated rings. The van der Waals surface area contributed by atoms with Gasteiger partial charge in [0.2, 0.25) is 6.41 Å². The minimum Gasteiger partial charge on any atom is -0.330 e. The predicted octanol–water partition coefficient (Wildman–Crippen LogP) is 2.35. The van der Waals surface area contributed by atoms with Gasteiger partial charge < -0.3 is 4.90 Å². The second kappa shape index (κ2) is 5.07. The molecule has 0 aliphatic rings. The summed E-state index contributed by atoms with van der Waals surface area (Å²) in [5.41, 5.74) is -1.04. The van der Waals surface area contributed by atoms with Crippen molar-refractivity contribution >= 4 is 18.1 Å². The van der Waals surface area contributed by atoms with E-state index in [2.05, 4.69) is 0 Å². The number of urea groups is 1. The van der Waals surface area contributed by atoms with E-state index in [9.17, 15) is 22.8 Å². The maximum Gasteiger partial charge on any atom is 0.416 e. The van der Waals surface area contributed by atoms with Crippen LogP contribution in [-0.4, -0.2) is 31.4 Å². The van der Waals surface area contributed by atoms with Crippen molar-refractivity contribution in [3.63, 3.8) is 0 Å². The first-order valence-corrected chi connectivity index (χ1v) is 4.90. The van der Waals surface area contributed by atoms with Crippen LogP contribution < -0.4 is 4.90 Å². The topological polar surface area (TPSA) is 40.6 Å². The summed E-state index contributed by atoms with van der Waals surface area (Å²) in [7, 11) is 2.79. The Kier molecular flexibility index (Phi) is 3.95. The van der Waals surface area contributed by atoms with Gasteiger partial charge in [-0.2, -0.15) is 13.2 Å². The summed E-state index contributed by atoms with van der Waals surface area (Å²) in [4.78, 5) is 24.1. The Bertz CT molecular complexity index is 458. The van der Waals surface area contributed by atoms with E-state index in [-0.39, 0.29) is 12.1 Å². The number of alkyl halides is 3. The van der Waals surface area contributed by atoms with Crippen molar-refractivity contribution in [1.82, 2.24) is 4.90 Å². The third kappa shape index (κ3) is 2.99. The highest BCUT2D eigenvalue weighted by Crippen LogP contribution is 2.31. The van der Waals surface area contributed by atoms with Gasteiger partial charge in [-0.15, -0.1) is 0 Å². The van der Waals surface area contributed by atoms with Gasteiger partial charge in [0.05, 0.1) is 11.3 Å². The van der Waals surface area contributed by atoms with Gasteiger partial charge in [0.15, 0.2) is 0 Å². The molecule has 0 bridgehead atoms. The monoisotopic (exact) mass is 260 g/mol. The highest BCUT2D eigenvalue weighted by molar-refractivity contribution is 6.05. The van der Waals surface area contributed by atoms with Crippen LogP contribution in [0.5, 0.6) is 0 Å². The largest absolute Gasteiger partial charge is 0.416 e. The van der Waals surface area contributed by atoms with E-state index in [1.165, 1.54) is 20.2 Å². The molecule has 0 atom stereocenters. The van der Waals surface area contributed by atoms with Crippen molar-refractivity contribution in [2.45, 2.75) is 6.18 Å². The lowest BCUT2D eigenvalue weighted by atomic mass is 10.2. The lowest BCUT2D eigenvalue weighted by Gasteiger charge is -2.21. The molecule has 0 N–H and O–H groups in total. The molecule has 98 valence electrons. The van der Waals surface area contributed by atoms with Crippen LogP contribution in [0.1, 0.15) is 5.56 Å². The van der Waals surface area contributed by atoms with Gasteiger partial charge in [0.25, 0.3) is 0 Å². The van der Waals surface area contributed by atoms with Crippen LogP contribution in [0.15, 0.2) is 24.3 Å². The van der Waals surface area contributed by atoms with Gasteiger partial charge >= 0.3 is 12.2 Å². The van der Waals surface area contributed by atoms with E-state index in [0.29, 0.717) is 4.90 Å². The molecular formula is C11H11F3N2O2. The van der Waals surface area contributed by atoms with Gasteiger partial charge in [-0.25, -0.2) is 9.69 Å². The Morgan fingerprint density at radius 1 is 1.28 bits per heavy atom. The van der Waals surface area contributed by atoms with E-state index < -0.39 is 17.8 Å². The fraction of sp³-hybridized carbons (Fsp3) is 0.273. The Hall–Kier alpha value is -2.05. The van der Waals surface area contributed by atoms with Gasteiger partial charge in [-0.1, -0.05) is 6.07 Å². The molecule has 0 aliphatic carbocycles. The number of benzene rings is 1. The molecular weight excluding hydrogens is 249 g/mol. The Morgan fingerprint density at radius 2 is 1.89 bits per heavy atom. The fourth-order valence-corrected chi connectivity index (χ4v) is 1.26. The summed E-state index contributed by atoms with van der Waals surface area (Å²) in [6, 6.07) is 3.29. The van der Waals surface area contributed by atoms with Crippen LogP contribution in [-0.2, 0) is 11.0 Å². The first-order chi connectivity index (χ1) is 8.27. The Labute approximate surface area is 102 Å². The summed E-state index contributed by atoms with van der Waals surface area (Å²) in [6.45, 7) is 0. The van der Waals surface area contributed by atoms with Gasteiger partial charge in [0, 0.05) is 14.1 Å². The normalized spacial score (nSPS) is 10.9. The number of carbonyl (C=O) groups is 2. The molecule has 0 aliphatic heterocycles. The van der Waals surface area contributed by atoms with E-state index >= 15 is 0 Å². The first-order valence-electron chi connectivity index (χ1n) is 4.90. The van der Waals surface area contributed by atoms with Crippen molar-refractivity contribution in [1.29, 1.82) is 0 Å². The van der Waals surface area contributed by atoms with Crippen LogP contribution in [0, 0.1) is 0 Å². The number of halogens is 3. The van der Waals surface area contributed by atoms with Gasteiger partial charge in [-0.05, 0) is 18.2 Å². The lowest BCUT2D eigenvalue weighted by Crippen LogP contribution is -2.38. The molecule has 1 aromatic carbocycles. The lowest BCUT2D eigenvalue weighted by molar-refractivity contribution is -0.137. The summed E-state index contributed by atoms with van der Waals surface area (Å²) in [6.07, 6.45) is -4.34. The smallest absolute Gasteiger partial charge is 0.330 e. The zero-order valence-electron chi connectivity index (χ0n) is 9.73. The molecule has 4 nitrogen and oxygen atoms in total. The van der Waals surface area contributed by atoms with Crippen LogP contribution in [0.2, 0.25) is 0 Å². The van der Waals surface area contributed by atoms with Crippen molar-refractivity contribution < 1.29 is 22.8 Å². The van der Waals surface area contributed by atoms with Gasteiger partial charge in [-0.3, -0.25) is 4.79 Å². The first kappa shape index (κ1) is 14.0. The molecule has 3 amide bonds. The number of hydrogen-bond donors (Lipinski definition) is 0. The molecule has 0 unspecified atom stereocenters. The molecule has 0 saturated carbocycles. The summed E-state index contributed by atoms with van der Waals surface area (Å²) in [5.74, 6) is 0. The fourth-order valence-electron chi connectivity index (χ4n) is 1.26. The van der Waals surface area contributed by atoms with Crippen molar-refractivity contribution in [2.75, 3.05) is 19.0 Å². The number of nitrogens with zero attached hydrogens (tertiary/aromatic N) is 2. The second-order valence-electron chi connectivity index (χ2n) is 3.70. The van der Waals surface area contributed by atoms with Crippen molar-refractivity contribution in [3.8, 4) is 0 Å². The number of amides is 3. The van der Waals surface area contributed by atoms with E-state index in [4.69, 9.17) is 0 Å². The number of imide groups is 1. The molecule has 0 spiro atoms. The maximum absolute atomic E-state index is 12.5. The average Bonchev–Trinajstić information content (AvgIpc) is 2.29. The summed E-state index contributed by atoms with van der Waals surface area (Å²) < 4.78 is 37.5. The quantitative estimate of drug-likeness (QED) is 0.766. The van der Waals surface area contributed by atoms with Crippen LogP contribution >= 0.6 is 0 Å². The maximum atomic E-state index is 12.5. The SMILES string of the molecule is CN(C)C(=O)N(C=O)c1cccc(C(F)(F)F)c1. The van der Waals surface area contributed by atoms with E-state index in [1.54, 1.807) is 0 Å².